The van der Waals surface area contributed by atoms with Gasteiger partial charge in [-0.3, -0.25) is 4.79 Å². The molecule has 1 unspecified atom stereocenters. The fourth-order valence-corrected chi connectivity index (χ4v) is 2.11. The van der Waals surface area contributed by atoms with E-state index in [9.17, 15) is 4.79 Å². The highest BCUT2D eigenvalue weighted by Gasteiger charge is 2.29. The van der Waals surface area contributed by atoms with Crippen LogP contribution in [0.5, 0.6) is 0 Å². The first kappa shape index (κ1) is 13.5. The fourth-order valence-electron chi connectivity index (χ4n) is 2.11. The predicted molar refractivity (Wildman–Crippen MR) is 64.1 cm³/mol. The van der Waals surface area contributed by atoms with Crippen molar-refractivity contribution in [3.8, 4) is 0 Å². The van der Waals surface area contributed by atoms with Gasteiger partial charge in [-0.25, -0.2) is 0 Å². The lowest BCUT2D eigenvalue weighted by atomic mass is 9.89. The Hall–Kier alpha value is -0.610. The van der Waals surface area contributed by atoms with Crippen molar-refractivity contribution in [1.29, 1.82) is 0 Å². The number of carbonyl (C=O) groups is 1. The normalized spacial score (nSPS) is 23.1. The van der Waals surface area contributed by atoms with Gasteiger partial charge in [0.2, 0.25) is 0 Å². The Morgan fingerprint density at radius 1 is 1.56 bits per heavy atom. The molecule has 1 heterocycles. The molecule has 0 aromatic rings. The van der Waals surface area contributed by atoms with Gasteiger partial charge in [0, 0.05) is 12.6 Å². The molecule has 1 fully saturated rings. The van der Waals surface area contributed by atoms with Crippen molar-refractivity contribution in [3.05, 3.63) is 0 Å². The fraction of sp³-hybridized carbons (Fsp3) is 0.917. The number of esters is 1. The summed E-state index contributed by atoms with van der Waals surface area (Å²) in [5.41, 5.74) is 5.52. The van der Waals surface area contributed by atoms with E-state index in [2.05, 4.69) is 4.90 Å². The number of carbonyl (C=O) groups excluding carboxylic acids is 1. The Morgan fingerprint density at radius 2 is 2.25 bits per heavy atom. The maximum atomic E-state index is 11.5. The first-order chi connectivity index (χ1) is 7.45. The average molecular weight is 228 g/mol. The number of nitrogens with two attached hydrogens (primary N) is 1. The van der Waals surface area contributed by atoms with E-state index in [1.165, 1.54) is 13.5 Å². The van der Waals surface area contributed by atoms with Gasteiger partial charge in [0.15, 0.2) is 0 Å². The largest absolute Gasteiger partial charge is 0.469 e. The molecule has 0 radical (unpaired) electrons. The summed E-state index contributed by atoms with van der Waals surface area (Å²) in [6.45, 7) is 6.85. The summed E-state index contributed by atoms with van der Waals surface area (Å²) < 4.78 is 4.79. The molecule has 0 amide bonds. The van der Waals surface area contributed by atoms with E-state index in [1.54, 1.807) is 0 Å². The minimum absolute atomic E-state index is 0.131. The summed E-state index contributed by atoms with van der Waals surface area (Å²) in [6.07, 6.45) is 3.11. The Morgan fingerprint density at radius 3 is 2.81 bits per heavy atom. The molecule has 0 aromatic heterocycles. The van der Waals surface area contributed by atoms with Gasteiger partial charge < -0.3 is 15.4 Å². The molecule has 0 bridgehead atoms. The molecule has 2 N–H and O–H groups in total. The maximum Gasteiger partial charge on any atom is 0.311 e. The number of hydrogen-bond donors (Lipinski definition) is 1. The number of hydrogen-bond acceptors (Lipinski definition) is 4. The molecule has 0 aliphatic carbocycles. The smallest absolute Gasteiger partial charge is 0.311 e. The molecule has 1 aliphatic heterocycles. The zero-order valence-electron chi connectivity index (χ0n) is 10.7. The van der Waals surface area contributed by atoms with E-state index in [-0.39, 0.29) is 5.97 Å². The van der Waals surface area contributed by atoms with Crippen LogP contribution >= 0.6 is 0 Å². The van der Waals surface area contributed by atoms with E-state index in [0.717, 1.165) is 32.5 Å². The second kappa shape index (κ2) is 5.64. The average Bonchev–Trinajstić information content (AvgIpc) is 2.25. The lowest BCUT2D eigenvalue weighted by Crippen LogP contribution is -2.44. The Kier molecular flexibility index (Phi) is 4.74. The van der Waals surface area contributed by atoms with Gasteiger partial charge in [-0.15, -0.1) is 0 Å². The van der Waals surface area contributed by atoms with E-state index in [1.807, 2.05) is 13.8 Å². The molecule has 1 aliphatic rings. The minimum atomic E-state index is -0.393. The number of likely N-dealkylation sites (tertiary alicyclic amines) is 1. The van der Waals surface area contributed by atoms with Crippen LogP contribution in [0.25, 0.3) is 0 Å². The first-order valence-corrected chi connectivity index (χ1v) is 6.02. The SMILES string of the molecule is COC(=O)C(C)(C)CCN1CCCC(N)C1. The molecular formula is C12H24N2O2. The van der Waals surface area contributed by atoms with E-state index in [4.69, 9.17) is 10.5 Å². The molecule has 0 spiro atoms. The van der Waals surface area contributed by atoms with Crippen LogP contribution in [0.1, 0.15) is 33.1 Å². The lowest BCUT2D eigenvalue weighted by molar-refractivity contribution is -0.151. The molecule has 0 saturated carbocycles. The number of nitrogens with zero attached hydrogens (tertiary/aromatic N) is 1. The third kappa shape index (κ3) is 3.76. The maximum absolute atomic E-state index is 11.5. The van der Waals surface area contributed by atoms with E-state index < -0.39 is 5.41 Å². The predicted octanol–water partition coefficient (Wildman–Crippen LogP) is 0.999. The van der Waals surface area contributed by atoms with Crippen LogP contribution in [-0.4, -0.2) is 43.7 Å². The van der Waals surface area contributed by atoms with Gasteiger partial charge in [-0.1, -0.05) is 0 Å². The third-order valence-electron chi connectivity index (χ3n) is 3.33. The van der Waals surface area contributed by atoms with Crippen molar-refractivity contribution in [2.45, 2.75) is 39.2 Å². The summed E-state index contributed by atoms with van der Waals surface area (Å²) in [7, 11) is 1.45. The molecule has 1 saturated heterocycles. The molecule has 4 heteroatoms. The lowest BCUT2D eigenvalue weighted by Gasteiger charge is -2.32. The number of piperidine rings is 1. The highest BCUT2D eigenvalue weighted by atomic mass is 16.5. The molecule has 0 aromatic carbocycles. The summed E-state index contributed by atoms with van der Waals surface area (Å²) in [5, 5.41) is 0. The monoisotopic (exact) mass is 228 g/mol. The molecule has 1 rings (SSSR count). The molecule has 4 nitrogen and oxygen atoms in total. The van der Waals surface area contributed by atoms with Crippen molar-refractivity contribution < 1.29 is 9.53 Å². The van der Waals surface area contributed by atoms with Gasteiger partial charge in [0.05, 0.1) is 12.5 Å². The molecule has 94 valence electrons. The number of ether oxygens (including phenoxy) is 1. The van der Waals surface area contributed by atoms with Gasteiger partial charge in [0.25, 0.3) is 0 Å². The van der Waals surface area contributed by atoms with E-state index in [0.29, 0.717) is 6.04 Å². The third-order valence-corrected chi connectivity index (χ3v) is 3.33. The highest BCUT2D eigenvalue weighted by molar-refractivity contribution is 5.75. The van der Waals surface area contributed by atoms with Crippen molar-refractivity contribution in [1.82, 2.24) is 4.90 Å². The van der Waals surface area contributed by atoms with Crippen LogP contribution in [0.3, 0.4) is 0 Å². The van der Waals surface area contributed by atoms with Crippen LogP contribution in [0.15, 0.2) is 0 Å². The van der Waals surface area contributed by atoms with Crippen molar-refractivity contribution in [3.63, 3.8) is 0 Å². The van der Waals surface area contributed by atoms with Crippen molar-refractivity contribution >= 4 is 5.97 Å². The Bertz CT molecular complexity index is 241. The Labute approximate surface area is 98.1 Å². The zero-order chi connectivity index (χ0) is 12.2. The second-order valence-corrected chi connectivity index (χ2v) is 5.33. The topological polar surface area (TPSA) is 55.6 Å². The number of rotatable bonds is 4. The van der Waals surface area contributed by atoms with Crippen molar-refractivity contribution in [2.24, 2.45) is 11.1 Å². The summed E-state index contributed by atoms with van der Waals surface area (Å²) in [6, 6.07) is 0.301. The molecule has 16 heavy (non-hydrogen) atoms. The van der Waals surface area contributed by atoms with Crippen LogP contribution in [0, 0.1) is 5.41 Å². The zero-order valence-corrected chi connectivity index (χ0v) is 10.7. The molecule has 1 atom stereocenters. The first-order valence-electron chi connectivity index (χ1n) is 6.02. The van der Waals surface area contributed by atoms with Gasteiger partial charge in [0.1, 0.15) is 0 Å². The molecular weight excluding hydrogens is 204 g/mol. The number of methoxy groups -OCH3 is 1. The quantitative estimate of drug-likeness (QED) is 0.729. The van der Waals surface area contributed by atoms with Crippen molar-refractivity contribution in [2.75, 3.05) is 26.7 Å². The standard InChI is InChI=1S/C12H24N2O2/c1-12(2,11(15)16-3)6-8-14-7-4-5-10(13)9-14/h10H,4-9,13H2,1-3H3. The summed E-state index contributed by atoms with van der Waals surface area (Å²) in [5.74, 6) is -0.131. The second-order valence-electron chi connectivity index (χ2n) is 5.33. The highest BCUT2D eigenvalue weighted by Crippen LogP contribution is 2.23. The summed E-state index contributed by atoms with van der Waals surface area (Å²) in [4.78, 5) is 13.9. The summed E-state index contributed by atoms with van der Waals surface area (Å²) >= 11 is 0. The van der Waals surface area contributed by atoms with Gasteiger partial charge in [-0.2, -0.15) is 0 Å². The van der Waals surface area contributed by atoms with Crippen LogP contribution in [0.2, 0.25) is 0 Å². The minimum Gasteiger partial charge on any atom is -0.469 e. The van der Waals surface area contributed by atoms with Gasteiger partial charge in [-0.05, 0) is 46.2 Å². The van der Waals surface area contributed by atoms with Crippen LogP contribution < -0.4 is 5.73 Å². The van der Waals surface area contributed by atoms with Crippen LogP contribution in [0.4, 0.5) is 0 Å². The van der Waals surface area contributed by atoms with Gasteiger partial charge >= 0.3 is 5.97 Å². The Balaban J connectivity index is 2.35. The van der Waals surface area contributed by atoms with E-state index >= 15 is 0 Å². The van der Waals surface area contributed by atoms with Crippen LogP contribution in [-0.2, 0) is 9.53 Å².